The minimum atomic E-state index is -0.0422. The summed E-state index contributed by atoms with van der Waals surface area (Å²) in [6, 6.07) is -0.0422. The molecule has 0 aromatic rings. The van der Waals surface area contributed by atoms with Crippen LogP contribution in [0.4, 0.5) is 0 Å². The van der Waals surface area contributed by atoms with Gasteiger partial charge in [-0.3, -0.25) is 4.79 Å². The number of fused-ring (bicyclic) bond motifs is 1. The zero-order valence-electron chi connectivity index (χ0n) is 8.70. The normalized spacial score (nSPS) is 36.3. The molecule has 3 nitrogen and oxygen atoms in total. The number of carbonyl (C=O) groups is 1. The summed E-state index contributed by atoms with van der Waals surface area (Å²) in [6.07, 6.45) is 4.32. The van der Waals surface area contributed by atoms with E-state index in [1.807, 2.05) is 6.92 Å². The fourth-order valence-electron chi connectivity index (χ4n) is 2.52. The van der Waals surface area contributed by atoms with E-state index in [0.29, 0.717) is 0 Å². The summed E-state index contributed by atoms with van der Waals surface area (Å²) in [6.45, 7) is 2.04. The van der Waals surface area contributed by atoms with E-state index in [1.54, 1.807) is 0 Å². The molecule has 80 valence electrons. The summed E-state index contributed by atoms with van der Waals surface area (Å²) in [5.74, 6) is 2.09. The van der Waals surface area contributed by atoms with E-state index in [4.69, 9.17) is 5.11 Å². The Labute approximate surface area is 84.9 Å². The number of aliphatic hydroxyl groups excluding tert-OH is 1. The fourth-order valence-corrected chi connectivity index (χ4v) is 2.52. The lowest BCUT2D eigenvalue weighted by Crippen LogP contribution is -2.40. The fraction of sp³-hybridized carbons (Fsp3) is 0.909. The Bertz CT molecular complexity index is 215. The molecule has 3 atom stereocenters. The maximum atomic E-state index is 11.7. The Balaban J connectivity index is 1.77. The molecule has 1 amide bonds. The number of amides is 1. The monoisotopic (exact) mass is 197 g/mol. The van der Waals surface area contributed by atoms with Gasteiger partial charge < -0.3 is 10.4 Å². The number of aliphatic hydroxyl groups is 1. The Morgan fingerprint density at radius 1 is 1.43 bits per heavy atom. The summed E-state index contributed by atoms with van der Waals surface area (Å²) in [5.41, 5.74) is 0. The molecule has 0 aliphatic heterocycles. The zero-order chi connectivity index (χ0) is 10.1. The van der Waals surface area contributed by atoms with E-state index >= 15 is 0 Å². The molecule has 0 radical (unpaired) electrons. The van der Waals surface area contributed by atoms with Crippen LogP contribution in [-0.2, 0) is 4.79 Å². The Kier molecular flexibility index (Phi) is 2.77. The number of rotatable bonds is 4. The topological polar surface area (TPSA) is 49.3 Å². The average molecular weight is 197 g/mol. The highest BCUT2D eigenvalue weighted by Crippen LogP contribution is 2.54. The van der Waals surface area contributed by atoms with E-state index < -0.39 is 0 Å². The molecule has 2 N–H and O–H groups in total. The first-order valence-electron chi connectivity index (χ1n) is 5.65. The van der Waals surface area contributed by atoms with Gasteiger partial charge in [0.25, 0.3) is 0 Å². The van der Waals surface area contributed by atoms with Gasteiger partial charge in [0.2, 0.25) is 5.91 Å². The molecule has 2 unspecified atom stereocenters. The summed E-state index contributed by atoms with van der Waals surface area (Å²) < 4.78 is 0. The van der Waals surface area contributed by atoms with Crippen molar-refractivity contribution in [3.63, 3.8) is 0 Å². The van der Waals surface area contributed by atoms with Crippen molar-refractivity contribution >= 4 is 5.91 Å². The molecular formula is C11H19NO2. The maximum Gasteiger partial charge on any atom is 0.223 e. The Hall–Kier alpha value is -0.570. The van der Waals surface area contributed by atoms with Gasteiger partial charge in [-0.2, -0.15) is 0 Å². The summed E-state index contributed by atoms with van der Waals surface area (Å²) in [5, 5.41) is 11.9. The van der Waals surface area contributed by atoms with Crippen LogP contribution in [0.3, 0.4) is 0 Å². The first kappa shape index (κ1) is 9.97. The van der Waals surface area contributed by atoms with Gasteiger partial charge in [0, 0.05) is 5.92 Å². The van der Waals surface area contributed by atoms with Crippen LogP contribution in [-0.4, -0.2) is 23.7 Å². The smallest absolute Gasteiger partial charge is 0.223 e. The van der Waals surface area contributed by atoms with Gasteiger partial charge in [0.05, 0.1) is 12.6 Å². The predicted molar refractivity (Wildman–Crippen MR) is 53.6 cm³/mol. The van der Waals surface area contributed by atoms with Crippen LogP contribution in [0, 0.1) is 17.8 Å². The minimum Gasteiger partial charge on any atom is -0.394 e. The van der Waals surface area contributed by atoms with Crippen molar-refractivity contribution in [1.29, 1.82) is 0 Å². The molecule has 0 aromatic heterocycles. The second kappa shape index (κ2) is 3.89. The van der Waals surface area contributed by atoms with Crippen molar-refractivity contribution in [1.82, 2.24) is 5.32 Å². The van der Waals surface area contributed by atoms with Crippen LogP contribution in [0.1, 0.15) is 32.6 Å². The number of nitrogens with one attached hydrogen (secondary N) is 1. The number of hydrogen-bond acceptors (Lipinski definition) is 2. The van der Waals surface area contributed by atoms with E-state index in [9.17, 15) is 4.79 Å². The van der Waals surface area contributed by atoms with Crippen LogP contribution in [0.2, 0.25) is 0 Å². The lowest BCUT2D eigenvalue weighted by molar-refractivity contribution is -0.126. The Morgan fingerprint density at radius 3 is 2.57 bits per heavy atom. The first-order chi connectivity index (χ1) is 6.74. The largest absolute Gasteiger partial charge is 0.394 e. The highest BCUT2D eigenvalue weighted by atomic mass is 16.3. The van der Waals surface area contributed by atoms with Gasteiger partial charge in [-0.25, -0.2) is 0 Å². The lowest BCUT2D eigenvalue weighted by atomic mass is 10.0. The van der Waals surface area contributed by atoms with E-state index in [0.717, 1.165) is 31.1 Å². The second-order valence-corrected chi connectivity index (χ2v) is 4.72. The summed E-state index contributed by atoms with van der Waals surface area (Å²) >= 11 is 0. The molecule has 0 saturated heterocycles. The quantitative estimate of drug-likeness (QED) is 0.704. The molecule has 2 saturated carbocycles. The first-order valence-corrected chi connectivity index (χ1v) is 5.65. The molecule has 14 heavy (non-hydrogen) atoms. The maximum absolute atomic E-state index is 11.7. The van der Waals surface area contributed by atoms with Crippen LogP contribution in [0.5, 0.6) is 0 Å². The molecular weight excluding hydrogens is 178 g/mol. The van der Waals surface area contributed by atoms with Crippen LogP contribution < -0.4 is 5.32 Å². The van der Waals surface area contributed by atoms with Gasteiger partial charge in [-0.05, 0) is 37.5 Å². The summed E-state index contributed by atoms with van der Waals surface area (Å²) in [7, 11) is 0. The van der Waals surface area contributed by atoms with Crippen LogP contribution in [0.15, 0.2) is 0 Å². The predicted octanol–water partition coefficient (Wildman–Crippen LogP) is 0.920. The number of hydrogen-bond donors (Lipinski definition) is 2. The van der Waals surface area contributed by atoms with Crippen LogP contribution >= 0.6 is 0 Å². The van der Waals surface area contributed by atoms with Gasteiger partial charge in [0.1, 0.15) is 0 Å². The average Bonchev–Trinajstić information content (AvgIpc) is 2.82. The van der Waals surface area contributed by atoms with Crippen molar-refractivity contribution in [3.05, 3.63) is 0 Å². The van der Waals surface area contributed by atoms with Gasteiger partial charge in [-0.15, -0.1) is 0 Å². The van der Waals surface area contributed by atoms with Crippen molar-refractivity contribution in [2.75, 3.05) is 6.61 Å². The van der Waals surface area contributed by atoms with Gasteiger partial charge in [0.15, 0.2) is 0 Å². The van der Waals surface area contributed by atoms with Crippen molar-refractivity contribution in [3.8, 4) is 0 Å². The summed E-state index contributed by atoms with van der Waals surface area (Å²) in [4.78, 5) is 11.7. The van der Waals surface area contributed by atoms with Gasteiger partial charge >= 0.3 is 0 Å². The highest BCUT2D eigenvalue weighted by molar-refractivity contribution is 5.79. The highest BCUT2D eigenvalue weighted by Gasteiger charge is 2.48. The zero-order valence-corrected chi connectivity index (χ0v) is 8.70. The third-order valence-electron chi connectivity index (χ3n) is 3.67. The van der Waals surface area contributed by atoms with Crippen molar-refractivity contribution < 1.29 is 9.90 Å². The molecule has 2 aliphatic rings. The van der Waals surface area contributed by atoms with E-state index in [-0.39, 0.29) is 24.5 Å². The molecule has 2 rings (SSSR count). The molecule has 0 heterocycles. The lowest BCUT2D eigenvalue weighted by Gasteiger charge is -2.18. The molecule has 0 spiro atoms. The Morgan fingerprint density at radius 2 is 2.07 bits per heavy atom. The van der Waals surface area contributed by atoms with Crippen molar-refractivity contribution in [2.24, 2.45) is 17.8 Å². The van der Waals surface area contributed by atoms with E-state index in [2.05, 4.69) is 5.32 Å². The standard InChI is InChI=1S/C11H19NO2/c1-2-10(6-13)12-11(14)9-4-7-3-8(7)5-9/h7-10,13H,2-6H2,1H3,(H,12,14)/t7?,8?,9?,10-/m1/s1. The second-order valence-electron chi connectivity index (χ2n) is 4.72. The molecule has 3 heteroatoms. The van der Waals surface area contributed by atoms with E-state index in [1.165, 1.54) is 6.42 Å². The third kappa shape index (κ3) is 1.92. The molecule has 0 aromatic carbocycles. The third-order valence-corrected chi connectivity index (χ3v) is 3.67. The minimum absolute atomic E-state index is 0.0422. The van der Waals surface area contributed by atoms with Gasteiger partial charge in [-0.1, -0.05) is 6.92 Å². The molecule has 2 fully saturated rings. The number of carbonyl (C=O) groups excluding carboxylic acids is 1. The van der Waals surface area contributed by atoms with Crippen LogP contribution in [0.25, 0.3) is 0 Å². The van der Waals surface area contributed by atoms with Crippen molar-refractivity contribution in [2.45, 2.75) is 38.6 Å². The molecule has 2 aliphatic carbocycles. The SMILES string of the molecule is CC[C@H](CO)NC(=O)C1CC2CC2C1. The molecule has 0 bridgehead atoms.